The molecule has 2 atom stereocenters. The highest BCUT2D eigenvalue weighted by molar-refractivity contribution is 7.89. The van der Waals surface area contributed by atoms with Crippen LogP contribution in [-0.2, 0) is 19.6 Å². The molecule has 0 aliphatic carbocycles. The molecule has 0 radical (unpaired) electrons. The molecule has 2 saturated heterocycles. The number of hydrogen-bond donors (Lipinski definition) is 1. The average Bonchev–Trinajstić information content (AvgIpc) is 3.21. The van der Waals surface area contributed by atoms with Crippen LogP contribution in [0, 0.1) is 5.82 Å². The molecule has 0 saturated carbocycles. The van der Waals surface area contributed by atoms with Crippen molar-refractivity contribution in [2.24, 2.45) is 0 Å². The summed E-state index contributed by atoms with van der Waals surface area (Å²) in [6.07, 6.45) is 1.23. The lowest BCUT2D eigenvalue weighted by Crippen LogP contribution is -2.46. The summed E-state index contributed by atoms with van der Waals surface area (Å²) in [5.41, 5.74) is 0.939. The van der Waals surface area contributed by atoms with Gasteiger partial charge in [0.2, 0.25) is 15.9 Å². The van der Waals surface area contributed by atoms with E-state index in [9.17, 15) is 17.6 Å². The van der Waals surface area contributed by atoms with Gasteiger partial charge in [0.25, 0.3) is 0 Å². The Balaban J connectivity index is 1.54. The van der Waals surface area contributed by atoms with Gasteiger partial charge in [0.15, 0.2) is 0 Å². The summed E-state index contributed by atoms with van der Waals surface area (Å²) in [6.45, 7) is 4.01. The third kappa shape index (κ3) is 5.38. The lowest BCUT2D eigenvalue weighted by Gasteiger charge is -2.38. The number of sulfonamides is 1. The molecule has 4 rings (SSSR count). The second-order valence-corrected chi connectivity index (χ2v) is 10.5. The highest BCUT2D eigenvalue weighted by atomic mass is 35.5. The van der Waals surface area contributed by atoms with Gasteiger partial charge in [-0.1, -0.05) is 17.7 Å². The molecule has 7 nitrogen and oxygen atoms in total. The monoisotopic (exact) mass is 495 g/mol. The Kier molecular flexibility index (Phi) is 7.35. The molecule has 1 amide bonds. The molecular weight excluding hydrogens is 469 g/mol. The van der Waals surface area contributed by atoms with E-state index in [-0.39, 0.29) is 34.0 Å². The maximum Gasteiger partial charge on any atom is 0.240 e. The first kappa shape index (κ1) is 24.1. The second-order valence-electron chi connectivity index (χ2n) is 8.32. The van der Waals surface area contributed by atoms with Crippen LogP contribution in [-0.4, -0.2) is 58.1 Å². The first-order chi connectivity index (χ1) is 15.8. The van der Waals surface area contributed by atoms with Crippen LogP contribution in [0.4, 0.5) is 10.1 Å². The normalized spacial score (nSPS) is 20.9. The fourth-order valence-corrected chi connectivity index (χ4v) is 5.70. The molecule has 2 aromatic carbocycles. The number of carbonyl (C=O) groups is 1. The number of anilines is 1. The van der Waals surface area contributed by atoms with Crippen LogP contribution in [0.2, 0.25) is 5.02 Å². The lowest BCUT2D eigenvalue weighted by molar-refractivity contribution is -0.117. The number of hydrogen-bond acceptors (Lipinski definition) is 5. The summed E-state index contributed by atoms with van der Waals surface area (Å²) >= 11 is 6.33. The third-order valence-electron chi connectivity index (χ3n) is 6.05. The molecule has 0 bridgehead atoms. The van der Waals surface area contributed by atoms with Gasteiger partial charge in [-0.2, -0.15) is 0 Å². The zero-order chi connectivity index (χ0) is 23.6. The third-order valence-corrected chi connectivity index (χ3v) is 7.81. The smallest absolute Gasteiger partial charge is 0.240 e. The van der Waals surface area contributed by atoms with Gasteiger partial charge in [-0.15, -0.1) is 0 Å². The van der Waals surface area contributed by atoms with E-state index in [0.717, 1.165) is 6.42 Å². The van der Waals surface area contributed by atoms with Gasteiger partial charge in [0.1, 0.15) is 5.82 Å². The van der Waals surface area contributed by atoms with Crippen LogP contribution in [0.3, 0.4) is 0 Å². The standard InChI is InChI=1S/C23H27ClFN3O4S/c1-16-15-27(12-13-32-16)21(23-19(24)4-2-5-20(23)25)14-26-33(30,31)18-9-7-17(8-10-18)28-11-3-6-22(28)29/h2,4-5,7-10,16,21,26H,3,6,11-15H2,1H3/t16-,21+/m0/s1. The van der Waals surface area contributed by atoms with Gasteiger partial charge >= 0.3 is 0 Å². The van der Waals surface area contributed by atoms with Crippen molar-refractivity contribution in [1.29, 1.82) is 0 Å². The van der Waals surface area contributed by atoms with Crippen LogP contribution in [0.25, 0.3) is 0 Å². The molecule has 2 fully saturated rings. The van der Waals surface area contributed by atoms with Crippen LogP contribution in [0.1, 0.15) is 31.4 Å². The van der Waals surface area contributed by atoms with E-state index in [1.54, 1.807) is 23.1 Å². The Morgan fingerprint density at radius 1 is 1.21 bits per heavy atom. The zero-order valence-electron chi connectivity index (χ0n) is 18.3. The van der Waals surface area contributed by atoms with Gasteiger partial charge in [0.05, 0.1) is 23.6 Å². The molecule has 0 unspecified atom stereocenters. The molecule has 0 aromatic heterocycles. The van der Waals surface area contributed by atoms with Crippen molar-refractivity contribution in [2.75, 3.05) is 37.7 Å². The van der Waals surface area contributed by atoms with Crippen LogP contribution in [0.5, 0.6) is 0 Å². The second kappa shape index (κ2) is 10.1. The summed E-state index contributed by atoms with van der Waals surface area (Å²) in [5, 5.41) is 0.248. The summed E-state index contributed by atoms with van der Waals surface area (Å²) < 4.78 is 49.0. The number of carbonyl (C=O) groups excluding carboxylic acids is 1. The van der Waals surface area contributed by atoms with E-state index < -0.39 is 21.9 Å². The van der Waals surface area contributed by atoms with Crippen molar-refractivity contribution < 1.29 is 22.3 Å². The molecule has 33 heavy (non-hydrogen) atoms. The summed E-state index contributed by atoms with van der Waals surface area (Å²) in [5.74, 6) is -0.446. The van der Waals surface area contributed by atoms with E-state index in [4.69, 9.17) is 16.3 Å². The molecule has 2 aliphatic rings. The van der Waals surface area contributed by atoms with Gasteiger partial charge in [-0.3, -0.25) is 9.69 Å². The average molecular weight is 496 g/mol. The van der Waals surface area contributed by atoms with Crippen LogP contribution >= 0.6 is 11.6 Å². The number of ether oxygens (including phenoxy) is 1. The van der Waals surface area contributed by atoms with E-state index in [2.05, 4.69) is 4.72 Å². The molecule has 2 aromatic rings. The van der Waals surface area contributed by atoms with Gasteiger partial charge in [-0.25, -0.2) is 17.5 Å². The molecular formula is C23H27ClFN3O4S. The molecule has 10 heteroatoms. The first-order valence-electron chi connectivity index (χ1n) is 11.0. The topological polar surface area (TPSA) is 79.0 Å². The van der Waals surface area contributed by atoms with Crippen molar-refractivity contribution in [2.45, 2.75) is 36.8 Å². The highest BCUT2D eigenvalue weighted by Gasteiger charge is 2.31. The number of benzene rings is 2. The van der Waals surface area contributed by atoms with E-state index in [1.807, 2.05) is 11.8 Å². The van der Waals surface area contributed by atoms with Crippen molar-refractivity contribution in [3.8, 4) is 0 Å². The number of amides is 1. The Morgan fingerprint density at radius 2 is 1.97 bits per heavy atom. The molecule has 2 aliphatic heterocycles. The van der Waals surface area contributed by atoms with Crippen LogP contribution < -0.4 is 9.62 Å². The largest absolute Gasteiger partial charge is 0.376 e. The SMILES string of the molecule is C[C@H]1CN([C@H](CNS(=O)(=O)c2ccc(N3CCCC3=O)cc2)c2c(F)cccc2Cl)CCO1. The molecule has 0 spiro atoms. The molecule has 1 N–H and O–H groups in total. The first-order valence-corrected chi connectivity index (χ1v) is 12.8. The van der Waals surface area contributed by atoms with Crippen LogP contribution in [0.15, 0.2) is 47.4 Å². The number of halogens is 2. The Labute approximate surface area is 198 Å². The minimum Gasteiger partial charge on any atom is -0.376 e. The molecule has 178 valence electrons. The predicted molar refractivity (Wildman–Crippen MR) is 124 cm³/mol. The maximum absolute atomic E-state index is 14.8. The number of morpholine rings is 1. The van der Waals surface area contributed by atoms with Crippen molar-refractivity contribution in [3.05, 3.63) is 58.9 Å². The minimum absolute atomic E-state index is 0.0353. The van der Waals surface area contributed by atoms with Crippen molar-refractivity contribution in [1.82, 2.24) is 9.62 Å². The molecule has 2 heterocycles. The number of rotatable bonds is 7. The maximum atomic E-state index is 14.8. The minimum atomic E-state index is -3.87. The van der Waals surface area contributed by atoms with E-state index in [0.29, 0.717) is 38.3 Å². The van der Waals surface area contributed by atoms with E-state index in [1.165, 1.54) is 24.3 Å². The van der Waals surface area contributed by atoms with Gasteiger partial charge < -0.3 is 9.64 Å². The number of nitrogens with zero attached hydrogens (tertiary/aromatic N) is 2. The van der Waals surface area contributed by atoms with Gasteiger partial charge in [0, 0.05) is 48.9 Å². The van der Waals surface area contributed by atoms with E-state index >= 15 is 0 Å². The highest BCUT2D eigenvalue weighted by Crippen LogP contribution is 2.31. The van der Waals surface area contributed by atoms with Crippen molar-refractivity contribution >= 4 is 33.2 Å². The fraction of sp³-hybridized carbons (Fsp3) is 0.435. The van der Waals surface area contributed by atoms with Gasteiger partial charge in [-0.05, 0) is 49.7 Å². The zero-order valence-corrected chi connectivity index (χ0v) is 19.9. The number of nitrogens with one attached hydrogen (secondary N) is 1. The predicted octanol–water partition coefficient (Wildman–Crippen LogP) is 3.35. The lowest BCUT2D eigenvalue weighted by atomic mass is 10.0. The summed E-state index contributed by atoms with van der Waals surface area (Å²) in [6, 6.07) is 10.1. The van der Waals surface area contributed by atoms with Crippen molar-refractivity contribution in [3.63, 3.8) is 0 Å². The summed E-state index contributed by atoms with van der Waals surface area (Å²) in [4.78, 5) is 15.7. The Morgan fingerprint density at radius 3 is 2.61 bits per heavy atom. The Hall–Kier alpha value is -2.04. The fourth-order valence-electron chi connectivity index (χ4n) is 4.37. The Bertz CT molecular complexity index is 1090. The summed E-state index contributed by atoms with van der Waals surface area (Å²) in [7, 11) is -3.87. The quantitative estimate of drug-likeness (QED) is 0.637.